The zero-order chi connectivity index (χ0) is 29.7. The van der Waals surface area contributed by atoms with Gasteiger partial charge in [0.1, 0.15) is 0 Å². The van der Waals surface area contributed by atoms with Crippen LogP contribution in [0.3, 0.4) is 0 Å². The zero-order valence-electron chi connectivity index (χ0n) is 24.3. The summed E-state index contributed by atoms with van der Waals surface area (Å²) in [5.41, 5.74) is 6.24. The first-order valence-electron chi connectivity index (χ1n) is 15.2. The summed E-state index contributed by atoms with van der Waals surface area (Å²) in [6, 6.07) is 56.2. The van der Waals surface area contributed by atoms with Gasteiger partial charge in [0.25, 0.3) is 0 Å². The molecule has 0 aliphatic heterocycles. The van der Waals surface area contributed by atoms with Crippen LogP contribution in [0.5, 0.6) is 0 Å². The fourth-order valence-corrected chi connectivity index (χ4v) is 7.54. The van der Waals surface area contributed by atoms with Crippen molar-refractivity contribution in [2.24, 2.45) is 0 Å². The minimum Gasteiger partial charge on any atom is -0.228 e. The highest BCUT2D eigenvalue weighted by atomic mass is 32.1. The molecule has 9 aromatic rings. The highest BCUT2D eigenvalue weighted by Crippen LogP contribution is 2.41. The van der Waals surface area contributed by atoms with E-state index in [9.17, 15) is 0 Å². The maximum absolute atomic E-state index is 5.29. The molecule has 2 heterocycles. The van der Waals surface area contributed by atoms with Gasteiger partial charge in [-0.1, -0.05) is 133 Å². The Hall–Kier alpha value is -5.64. The van der Waals surface area contributed by atoms with E-state index in [1.807, 2.05) is 29.5 Å². The smallest absolute Gasteiger partial charge is 0.160 e. The fourth-order valence-electron chi connectivity index (χ4n) is 6.48. The molecule has 7 aromatic carbocycles. The Bertz CT molecular complexity index is 2500. The molecule has 0 aliphatic carbocycles. The standard InChI is InChI=1S/C42H26N2S/c1-2-11-30(12-3-1)42-43-36(28-19-21-29(22-20-28)39-25-32-14-6-9-17-38(32)45-39)26-37(44-42)41-35-16-8-5-13-31(35)24-33-23-18-27-10-4-7-15-34(27)40(33)41/h1-26H. The van der Waals surface area contributed by atoms with Crippen molar-refractivity contribution in [2.75, 3.05) is 0 Å². The van der Waals surface area contributed by atoms with Gasteiger partial charge in [-0.2, -0.15) is 0 Å². The van der Waals surface area contributed by atoms with Gasteiger partial charge in [0, 0.05) is 26.3 Å². The van der Waals surface area contributed by atoms with Gasteiger partial charge in [-0.3, -0.25) is 0 Å². The van der Waals surface area contributed by atoms with Crippen LogP contribution in [0.1, 0.15) is 0 Å². The molecule has 2 aromatic heterocycles. The number of hydrogen-bond acceptors (Lipinski definition) is 3. The Morgan fingerprint density at radius 1 is 0.400 bits per heavy atom. The van der Waals surface area contributed by atoms with Crippen molar-refractivity contribution in [3.63, 3.8) is 0 Å². The van der Waals surface area contributed by atoms with E-state index < -0.39 is 0 Å². The van der Waals surface area contributed by atoms with Crippen molar-refractivity contribution in [2.45, 2.75) is 0 Å². The van der Waals surface area contributed by atoms with Gasteiger partial charge in [-0.15, -0.1) is 11.3 Å². The van der Waals surface area contributed by atoms with Gasteiger partial charge in [0.15, 0.2) is 5.82 Å². The molecule has 0 atom stereocenters. The molecule has 210 valence electrons. The molecular formula is C42H26N2S. The summed E-state index contributed by atoms with van der Waals surface area (Å²) in [5.74, 6) is 0.720. The lowest BCUT2D eigenvalue weighted by molar-refractivity contribution is 1.19. The van der Waals surface area contributed by atoms with Crippen LogP contribution in [0.4, 0.5) is 0 Å². The van der Waals surface area contributed by atoms with Crippen LogP contribution in [-0.4, -0.2) is 9.97 Å². The molecule has 0 saturated carbocycles. The third-order valence-corrected chi connectivity index (χ3v) is 9.82. The first kappa shape index (κ1) is 25.8. The second-order valence-electron chi connectivity index (χ2n) is 11.4. The average molecular weight is 591 g/mol. The van der Waals surface area contributed by atoms with Crippen LogP contribution < -0.4 is 0 Å². The predicted octanol–water partition coefficient (Wildman–Crippen LogP) is 11.8. The molecule has 0 saturated heterocycles. The van der Waals surface area contributed by atoms with Crippen LogP contribution in [0.15, 0.2) is 158 Å². The van der Waals surface area contributed by atoms with E-state index >= 15 is 0 Å². The van der Waals surface area contributed by atoms with E-state index in [0.717, 1.165) is 33.9 Å². The summed E-state index contributed by atoms with van der Waals surface area (Å²) < 4.78 is 1.30. The van der Waals surface area contributed by atoms with E-state index in [1.54, 1.807) is 0 Å². The quantitative estimate of drug-likeness (QED) is 0.150. The van der Waals surface area contributed by atoms with E-state index in [4.69, 9.17) is 9.97 Å². The number of nitrogens with zero attached hydrogens (tertiary/aromatic N) is 2. The van der Waals surface area contributed by atoms with Gasteiger partial charge in [-0.05, 0) is 67.5 Å². The Kier molecular flexibility index (Phi) is 6.03. The van der Waals surface area contributed by atoms with Crippen LogP contribution >= 0.6 is 11.3 Å². The molecule has 9 rings (SSSR count). The lowest BCUT2D eigenvalue weighted by Gasteiger charge is -2.16. The largest absolute Gasteiger partial charge is 0.228 e. The van der Waals surface area contributed by atoms with Crippen molar-refractivity contribution >= 4 is 53.7 Å². The number of benzene rings is 7. The maximum atomic E-state index is 5.29. The van der Waals surface area contributed by atoms with Crippen LogP contribution in [0.25, 0.3) is 86.7 Å². The fraction of sp³-hybridized carbons (Fsp3) is 0. The van der Waals surface area contributed by atoms with Gasteiger partial charge >= 0.3 is 0 Å². The first-order chi connectivity index (χ1) is 22.3. The predicted molar refractivity (Wildman–Crippen MR) is 192 cm³/mol. The molecule has 0 amide bonds. The van der Waals surface area contributed by atoms with Gasteiger partial charge in [-0.25, -0.2) is 9.97 Å². The molecule has 45 heavy (non-hydrogen) atoms. The molecule has 3 heteroatoms. The monoisotopic (exact) mass is 590 g/mol. The van der Waals surface area contributed by atoms with Crippen molar-refractivity contribution < 1.29 is 0 Å². The average Bonchev–Trinajstić information content (AvgIpc) is 3.55. The summed E-state index contributed by atoms with van der Waals surface area (Å²) >= 11 is 1.83. The molecule has 0 aliphatic rings. The number of aromatic nitrogens is 2. The normalized spacial score (nSPS) is 11.6. The Balaban J connectivity index is 1.29. The summed E-state index contributed by atoms with van der Waals surface area (Å²) in [6.45, 7) is 0. The Morgan fingerprint density at radius 3 is 1.87 bits per heavy atom. The van der Waals surface area contributed by atoms with Crippen molar-refractivity contribution in [3.05, 3.63) is 158 Å². The Morgan fingerprint density at radius 2 is 1.04 bits per heavy atom. The third-order valence-electron chi connectivity index (χ3n) is 8.66. The molecule has 0 bridgehead atoms. The van der Waals surface area contributed by atoms with Crippen molar-refractivity contribution in [1.29, 1.82) is 0 Å². The molecule has 0 spiro atoms. The van der Waals surface area contributed by atoms with Crippen molar-refractivity contribution in [3.8, 4) is 44.3 Å². The first-order valence-corrected chi connectivity index (χ1v) is 16.0. The topological polar surface area (TPSA) is 25.8 Å². The second kappa shape index (κ2) is 10.5. The lowest BCUT2D eigenvalue weighted by Crippen LogP contribution is -1.97. The molecule has 0 N–H and O–H groups in total. The van der Waals surface area contributed by atoms with Gasteiger partial charge in [0.2, 0.25) is 0 Å². The van der Waals surface area contributed by atoms with Crippen LogP contribution in [0.2, 0.25) is 0 Å². The summed E-state index contributed by atoms with van der Waals surface area (Å²) in [6.07, 6.45) is 0. The van der Waals surface area contributed by atoms with Gasteiger partial charge < -0.3 is 0 Å². The molecular weight excluding hydrogens is 565 g/mol. The second-order valence-corrected chi connectivity index (χ2v) is 12.5. The van der Waals surface area contributed by atoms with E-state index in [0.29, 0.717) is 0 Å². The highest BCUT2D eigenvalue weighted by molar-refractivity contribution is 7.22. The maximum Gasteiger partial charge on any atom is 0.160 e. The lowest BCUT2D eigenvalue weighted by atomic mass is 9.90. The zero-order valence-corrected chi connectivity index (χ0v) is 25.1. The van der Waals surface area contributed by atoms with Crippen molar-refractivity contribution in [1.82, 2.24) is 9.97 Å². The van der Waals surface area contributed by atoms with E-state index in [1.165, 1.54) is 52.8 Å². The minimum absolute atomic E-state index is 0.720. The van der Waals surface area contributed by atoms with Crippen LogP contribution in [-0.2, 0) is 0 Å². The molecule has 0 fully saturated rings. The summed E-state index contributed by atoms with van der Waals surface area (Å²) in [5, 5.41) is 8.53. The minimum atomic E-state index is 0.720. The number of hydrogen-bond donors (Lipinski definition) is 0. The summed E-state index contributed by atoms with van der Waals surface area (Å²) in [7, 11) is 0. The van der Waals surface area contributed by atoms with E-state index in [-0.39, 0.29) is 0 Å². The summed E-state index contributed by atoms with van der Waals surface area (Å²) in [4.78, 5) is 11.7. The van der Waals surface area contributed by atoms with E-state index in [2.05, 4.69) is 140 Å². The third kappa shape index (κ3) is 4.48. The Labute approximate surface area is 264 Å². The molecule has 0 radical (unpaired) electrons. The number of fused-ring (bicyclic) bond motifs is 5. The van der Waals surface area contributed by atoms with Gasteiger partial charge in [0.05, 0.1) is 11.4 Å². The molecule has 2 nitrogen and oxygen atoms in total. The van der Waals surface area contributed by atoms with Crippen LogP contribution in [0, 0.1) is 0 Å². The molecule has 0 unspecified atom stereocenters. The SMILES string of the molecule is c1ccc(-c2nc(-c3ccc(-c4cc5ccccc5s4)cc3)cc(-c3c4ccccc4cc4ccc5ccccc5c34)n2)cc1. The highest BCUT2D eigenvalue weighted by Gasteiger charge is 2.17. The number of thiophene rings is 1. The number of rotatable bonds is 4.